The normalized spacial score (nSPS) is 19.1. The number of likely N-dealkylation sites (N-methyl/N-ethyl adjacent to an activating group) is 1. The van der Waals surface area contributed by atoms with Crippen LogP contribution in [0, 0.1) is 11.7 Å². The maximum Gasteiger partial charge on any atom is 0.417 e. The number of nitrogens with zero attached hydrogens (tertiary/aromatic N) is 4. The summed E-state index contributed by atoms with van der Waals surface area (Å²) in [6.07, 6.45) is -3.82. The zero-order valence-corrected chi connectivity index (χ0v) is 24.4. The molecule has 3 aromatic rings. The van der Waals surface area contributed by atoms with Crippen molar-refractivity contribution in [1.82, 2.24) is 19.7 Å². The fraction of sp³-hybridized carbons (Fsp3) is 0.355. The summed E-state index contributed by atoms with van der Waals surface area (Å²) in [6.45, 7) is 1.09. The van der Waals surface area contributed by atoms with Crippen molar-refractivity contribution in [2.24, 2.45) is 5.92 Å². The highest BCUT2D eigenvalue weighted by Gasteiger charge is 2.43. The van der Waals surface area contributed by atoms with Gasteiger partial charge in [0.05, 0.1) is 11.6 Å². The molecule has 2 aliphatic rings. The predicted octanol–water partition coefficient (Wildman–Crippen LogP) is 5.87. The Morgan fingerprint density at radius 1 is 0.932 bits per heavy atom. The van der Waals surface area contributed by atoms with E-state index in [9.17, 15) is 31.9 Å². The average Bonchev–Trinajstić information content (AvgIpc) is 3.46. The van der Waals surface area contributed by atoms with Crippen LogP contribution in [-0.4, -0.2) is 76.9 Å². The van der Waals surface area contributed by atoms with Gasteiger partial charge in [0.25, 0.3) is 5.91 Å². The van der Waals surface area contributed by atoms with Crippen molar-refractivity contribution >= 4 is 29.5 Å². The largest absolute Gasteiger partial charge is 0.417 e. The average molecular weight is 633 g/mol. The maximum atomic E-state index is 13.7. The highest BCUT2D eigenvalue weighted by Crippen LogP contribution is 2.34. The predicted molar refractivity (Wildman–Crippen MR) is 153 cm³/mol. The minimum Gasteiger partial charge on any atom is -0.410 e. The molecule has 13 heteroatoms. The van der Waals surface area contributed by atoms with Gasteiger partial charge in [0.2, 0.25) is 5.91 Å². The van der Waals surface area contributed by atoms with Gasteiger partial charge in [-0.15, -0.1) is 0 Å². The lowest BCUT2D eigenvalue weighted by molar-refractivity contribution is -0.138. The molecule has 0 spiro atoms. The first-order valence-corrected chi connectivity index (χ1v) is 14.4. The summed E-state index contributed by atoms with van der Waals surface area (Å²) in [6, 6.07) is 13.7. The van der Waals surface area contributed by atoms with Crippen LogP contribution in [0.4, 0.5) is 22.4 Å². The van der Waals surface area contributed by atoms with Crippen LogP contribution in [0.2, 0.25) is 5.02 Å². The van der Waals surface area contributed by atoms with E-state index in [1.165, 1.54) is 34.1 Å². The van der Waals surface area contributed by atoms with E-state index in [2.05, 4.69) is 4.98 Å². The van der Waals surface area contributed by atoms with Crippen LogP contribution in [0.1, 0.15) is 40.4 Å². The number of ether oxygens (including phenoxy) is 1. The Labute approximate surface area is 256 Å². The molecule has 8 nitrogen and oxygen atoms in total. The first-order valence-electron chi connectivity index (χ1n) is 14.0. The lowest BCUT2D eigenvalue weighted by atomic mass is 9.93. The number of carbonyl (C=O) groups is 3. The molecule has 2 aromatic carbocycles. The molecule has 0 N–H and O–H groups in total. The van der Waals surface area contributed by atoms with E-state index in [1.807, 2.05) is 12.1 Å². The molecule has 3 heterocycles. The summed E-state index contributed by atoms with van der Waals surface area (Å²) in [4.78, 5) is 47.9. The summed E-state index contributed by atoms with van der Waals surface area (Å²) in [5.41, 5.74) is -0.138. The SMILES string of the molecule is CN(C(=O)Oc1ccc(F)cc1)[C@@H]1CN(C(=O)C2CCN(C(=O)c3ccc(C(F)(F)F)cn3)CC2)C[C@H]1c1ccc(Cl)cc1. The van der Waals surface area contributed by atoms with Crippen molar-refractivity contribution in [2.45, 2.75) is 31.0 Å². The third-order valence-corrected chi connectivity index (χ3v) is 8.40. The first-order chi connectivity index (χ1) is 20.9. The van der Waals surface area contributed by atoms with E-state index in [0.717, 1.165) is 17.7 Å². The molecule has 0 aliphatic carbocycles. The van der Waals surface area contributed by atoms with Crippen LogP contribution < -0.4 is 4.74 Å². The highest BCUT2D eigenvalue weighted by molar-refractivity contribution is 6.30. The van der Waals surface area contributed by atoms with Gasteiger partial charge in [-0.2, -0.15) is 13.2 Å². The van der Waals surface area contributed by atoms with Gasteiger partial charge in [0.1, 0.15) is 17.3 Å². The zero-order chi connectivity index (χ0) is 31.6. The highest BCUT2D eigenvalue weighted by atomic mass is 35.5. The van der Waals surface area contributed by atoms with Gasteiger partial charge < -0.3 is 19.4 Å². The minimum atomic E-state index is -4.55. The van der Waals surface area contributed by atoms with Gasteiger partial charge in [-0.25, -0.2) is 9.18 Å². The molecule has 0 saturated carbocycles. The summed E-state index contributed by atoms with van der Waals surface area (Å²) in [5, 5.41) is 0.549. The van der Waals surface area contributed by atoms with Crippen molar-refractivity contribution < 1.29 is 36.7 Å². The number of rotatable bonds is 5. The molecule has 44 heavy (non-hydrogen) atoms. The number of amides is 3. The third kappa shape index (κ3) is 6.96. The Kier molecular flexibility index (Phi) is 9.10. The second kappa shape index (κ2) is 12.8. The molecule has 5 rings (SSSR count). The number of piperidine rings is 1. The molecule has 2 aliphatic heterocycles. The summed E-state index contributed by atoms with van der Waals surface area (Å²) < 4.78 is 57.3. The second-order valence-electron chi connectivity index (χ2n) is 10.9. The van der Waals surface area contributed by atoms with Crippen LogP contribution in [0.25, 0.3) is 0 Å². The van der Waals surface area contributed by atoms with Gasteiger partial charge in [-0.1, -0.05) is 23.7 Å². The molecule has 232 valence electrons. The fourth-order valence-electron chi connectivity index (χ4n) is 5.65. The number of halogens is 5. The third-order valence-electron chi connectivity index (χ3n) is 8.14. The van der Waals surface area contributed by atoms with Crippen LogP contribution in [0.5, 0.6) is 5.75 Å². The molecule has 0 radical (unpaired) electrons. The number of benzene rings is 2. The van der Waals surface area contributed by atoms with E-state index in [-0.39, 0.29) is 48.8 Å². The monoisotopic (exact) mass is 632 g/mol. The lowest BCUT2D eigenvalue weighted by Gasteiger charge is -2.33. The van der Waals surface area contributed by atoms with Gasteiger partial charge >= 0.3 is 12.3 Å². The van der Waals surface area contributed by atoms with E-state index >= 15 is 0 Å². The van der Waals surface area contributed by atoms with Crippen LogP contribution in [0.15, 0.2) is 66.9 Å². The lowest BCUT2D eigenvalue weighted by Crippen LogP contribution is -2.46. The van der Waals surface area contributed by atoms with E-state index in [1.54, 1.807) is 24.1 Å². The molecule has 2 fully saturated rings. The molecule has 2 atom stereocenters. The zero-order valence-electron chi connectivity index (χ0n) is 23.6. The Hall–Kier alpha value is -4.19. The molecular weight excluding hydrogens is 604 g/mol. The minimum absolute atomic E-state index is 0.0912. The smallest absolute Gasteiger partial charge is 0.410 e. The molecule has 3 amide bonds. The molecule has 0 bridgehead atoms. The number of carbonyl (C=O) groups excluding carboxylic acids is 3. The molecule has 2 saturated heterocycles. The Bertz CT molecular complexity index is 1500. The molecular formula is C31H29ClF4N4O4. The quantitative estimate of drug-likeness (QED) is 0.329. The molecule has 0 unspecified atom stereocenters. The van der Waals surface area contributed by atoms with Gasteiger partial charge in [0.15, 0.2) is 0 Å². The van der Waals surface area contributed by atoms with E-state index in [4.69, 9.17) is 16.3 Å². The Morgan fingerprint density at radius 2 is 1.59 bits per heavy atom. The van der Waals surface area contributed by atoms with E-state index in [0.29, 0.717) is 30.6 Å². The van der Waals surface area contributed by atoms with Gasteiger partial charge in [0, 0.05) is 56.3 Å². The van der Waals surface area contributed by atoms with E-state index < -0.39 is 35.6 Å². The maximum absolute atomic E-state index is 13.7. The van der Waals surface area contributed by atoms with Crippen molar-refractivity contribution in [1.29, 1.82) is 0 Å². The number of hydrogen-bond donors (Lipinski definition) is 0. The number of hydrogen-bond acceptors (Lipinski definition) is 5. The standard InChI is InChI=1S/C31H29ClF4N4O4/c1-38(30(43)44-24-9-7-23(33)8-10-24)27-18-40(17-25(27)19-2-5-22(32)6-3-19)28(41)20-12-14-39(15-13-20)29(42)26-11-4-21(16-37-26)31(34,35)36/h2-11,16,20,25,27H,12-15,17-18H2,1H3/t25-,27+/m0/s1. The van der Waals surface area contributed by atoms with Crippen molar-refractivity contribution in [3.8, 4) is 5.75 Å². The topological polar surface area (TPSA) is 83.0 Å². The number of likely N-dealkylation sites (tertiary alicyclic amines) is 2. The van der Waals surface area contributed by atoms with Crippen LogP contribution in [0.3, 0.4) is 0 Å². The fourth-order valence-corrected chi connectivity index (χ4v) is 5.77. The van der Waals surface area contributed by atoms with Crippen LogP contribution >= 0.6 is 11.6 Å². The van der Waals surface area contributed by atoms with Crippen LogP contribution in [-0.2, 0) is 11.0 Å². The van der Waals surface area contributed by atoms with Gasteiger partial charge in [-0.3, -0.25) is 14.6 Å². The number of aromatic nitrogens is 1. The first kappa shape index (κ1) is 31.2. The summed E-state index contributed by atoms with van der Waals surface area (Å²) >= 11 is 6.10. The Balaban J connectivity index is 1.24. The van der Waals surface area contributed by atoms with Gasteiger partial charge in [-0.05, 0) is 66.9 Å². The van der Waals surface area contributed by atoms with Crippen molar-refractivity contribution in [2.75, 3.05) is 33.2 Å². The van der Waals surface area contributed by atoms with Crippen molar-refractivity contribution in [3.63, 3.8) is 0 Å². The molecule has 1 aromatic heterocycles. The number of pyridine rings is 1. The van der Waals surface area contributed by atoms with Crippen molar-refractivity contribution in [3.05, 3.63) is 94.5 Å². The summed E-state index contributed by atoms with van der Waals surface area (Å²) in [5.74, 6) is -1.49. The number of alkyl halides is 3. The Morgan fingerprint density at radius 3 is 2.18 bits per heavy atom. The second-order valence-corrected chi connectivity index (χ2v) is 11.3. The summed E-state index contributed by atoms with van der Waals surface area (Å²) in [7, 11) is 1.59.